The van der Waals surface area contributed by atoms with Crippen molar-refractivity contribution in [3.05, 3.63) is 71.2 Å². The van der Waals surface area contributed by atoms with Crippen LogP contribution in [0.3, 0.4) is 0 Å². The number of amides is 1. The van der Waals surface area contributed by atoms with E-state index in [1.807, 2.05) is 24.3 Å². The maximum Gasteiger partial charge on any atom is 0.411 e. The van der Waals surface area contributed by atoms with E-state index in [1.54, 1.807) is 32.9 Å². The number of para-hydroxylation sites is 1. The van der Waals surface area contributed by atoms with Crippen molar-refractivity contribution in [2.24, 2.45) is 0 Å². The van der Waals surface area contributed by atoms with Crippen molar-refractivity contribution in [2.45, 2.75) is 51.9 Å². The molecule has 2 aromatic carbocycles. The normalized spacial score (nSPS) is 16.3. The number of carboxylic acid groups (broad SMARTS) is 1. The summed E-state index contributed by atoms with van der Waals surface area (Å²) in [4.78, 5) is 26.2. The summed E-state index contributed by atoms with van der Waals surface area (Å²) in [6.07, 6.45) is -0.454. The maximum atomic E-state index is 13.4. The van der Waals surface area contributed by atoms with Crippen molar-refractivity contribution in [1.29, 1.82) is 0 Å². The van der Waals surface area contributed by atoms with E-state index in [0.717, 1.165) is 27.7 Å². The van der Waals surface area contributed by atoms with Crippen LogP contribution in [0.15, 0.2) is 48.5 Å². The number of carbonyl (C=O) groups excluding carboxylic acids is 1. The number of rotatable bonds is 3. The van der Waals surface area contributed by atoms with Crippen LogP contribution in [0, 0.1) is 5.82 Å². The number of fused-ring (bicyclic) bond motifs is 3. The monoisotopic (exact) mass is 424 g/mol. The fourth-order valence-corrected chi connectivity index (χ4v) is 4.10. The van der Waals surface area contributed by atoms with Gasteiger partial charge in [0.05, 0.1) is 6.54 Å². The minimum absolute atomic E-state index is 0.122. The first-order chi connectivity index (χ1) is 14.6. The van der Waals surface area contributed by atoms with Gasteiger partial charge in [-0.25, -0.2) is 14.0 Å². The largest absolute Gasteiger partial charge is 0.480 e. The number of ether oxygens (including phenoxy) is 1. The molecular weight excluding hydrogens is 399 g/mol. The summed E-state index contributed by atoms with van der Waals surface area (Å²) in [5, 5.41) is 10.8. The Hall–Kier alpha value is -3.35. The lowest BCUT2D eigenvalue weighted by Crippen LogP contribution is -2.50. The number of aromatic nitrogens is 1. The zero-order chi connectivity index (χ0) is 22.3. The molecule has 2 heterocycles. The molecule has 0 saturated heterocycles. The molecule has 0 bridgehead atoms. The molecule has 162 valence electrons. The van der Waals surface area contributed by atoms with Crippen molar-refractivity contribution in [2.75, 3.05) is 0 Å². The molecular formula is C24H25FN2O4. The van der Waals surface area contributed by atoms with E-state index >= 15 is 0 Å². The molecule has 0 unspecified atom stereocenters. The highest BCUT2D eigenvalue weighted by molar-refractivity contribution is 5.89. The lowest BCUT2D eigenvalue weighted by molar-refractivity contribution is -0.143. The van der Waals surface area contributed by atoms with E-state index in [2.05, 4.69) is 4.57 Å². The van der Waals surface area contributed by atoms with Gasteiger partial charge in [0.1, 0.15) is 17.5 Å². The Morgan fingerprint density at radius 1 is 1.13 bits per heavy atom. The van der Waals surface area contributed by atoms with Crippen molar-refractivity contribution < 1.29 is 23.8 Å². The van der Waals surface area contributed by atoms with E-state index < -0.39 is 23.7 Å². The van der Waals surface area contributed by atoms with E-state index in [-0.39, 0.29) is 18.8 Å². The molecule has 1 aliphatic heterocycles. The van der Waals surface area contributed by atoms with Crippen LogP contribution in [0.4, 0.5) is 9.18 Å². The number of aliphatic carboxylic acids is 1. The summed E-state index contributed by atoms with van der Waals surface area (Å²) in [5.74, 6) is -1.37. The number of halogens is 1. The minimum Gasteiger partial charge on any atom is -0.480 e. The first-order valence-electron chi connectivity index (χ1n) is 10.2. The van der Waals surface area contributed by atoms with Crippen LogP contribution in [0.1, 0.15) is 37.6 Å². The van der Waals surface area contributed by atoms with Crippen LogP contribution in [-0.4, -0.2) is 38.3 Å². The highest BCUT2D eigenvalue weighted by Crippen LogP contribution is 2.34. The van der Waals surface area contributed by atoms with Crippen molar-refractivity contribution in [1.82, 2.24) is 9.47 Å². The van der Waals surface area contributed by atoms with Gasteiger partial charge in [-0.05, 0) is 50.1 Å². The second-order valence-corrected chi connectivity index (χ2v) is 8.82. The Morgan fingerprint density at radius 2 is 1.81 bits per heavy atom. The van der Waals surface area contributed by atoms with Crippen LogP contribution in [0.2, 0.25) is 0 Å². The van der Waals surface area contributed by atoms with E-state index in [9.17, 15) is 19.1 Å². The third-order valence-electron chi connectivity index (χ3n) is 5.45. The first kappa shape index (κ1) is 20.9. The highest BCUT2D eigenvalue weighted by atomic mass is 19.1. The average molecular weight is 424 g/mol. The molecule has 6 nitrogen and oxygen atoms in total. The standard InChI is InChI=1S/C24H25FN2O4/c1-24(2,3)31-23(30)27-14-21-18(12-20(27)22(28)29)17-6-4-5-7-19(17)26(21)13-15-8-10-16(25)11-9-15/h4-11,20H,12-14H2,1-3H3,(H,28,29)/t20-/m1/s1. The van der Waals surface area contributed by atoms with E-state index in [4.69, 9.17) is 4.74 Å². The predicted molar refractivity (Wildman–Crippen MR) is 114 cm³/mol. The average Bonchev–Trinajstić information content (AvgIpc) is 3.00. The number of benzene rings is 2. The Bertz CT molecular complexity index is 1140. The number of hydrogen-bond acceptors (Lipinski definition) is 3. The van der Waals surface area contributed by atoms with Gasteiger partial charge in [0.15, 0.2) is 0 Å². The SMILES string of the molecule is CC(C)(C)OC(=O)N1Cc2c(c3ccccc3n2Cc2ccc(F)cc2)C[C@@H]1C(=O)O. The number of nitrogens with zero attached hydrogens (tertiary/aromatic N) is 2. The van der Waals surface area contributed by atoms with Gasteiger partial charge in [-0.1, -0.05) is 30.3 Å². The van der Waals surface area contributed by atoms with Gasteiger partial charge in [0.2, 0.25) is 0 Å². The van der Waals surface area contributed by atoms with Crippen molar-refractivity contribution in [3.8, 4) is 0 Å². The number of hydrogen-bond donors (Lipinski definition) is 1. The molecule has 0 aliphatic carbocycles. The molecule has 4 rings (SSSR count). The van der Waals surface area contributed by atoms with E-state index in [1.165, 1.54) is 17.0 Å². The molecule has 0 spiro atoms. The lowest BCUT2D eigenvalue weighted by atomic mass is 9.97. The summed E-state index contributed by atoms with van der Waals surface area (Å²) in [6.45, 7) is 5.86. The second-order valence-electron chi connectivity index (χ2n) is 8.82. The van der Waals surface area contributed by atoms with Crippen LogP contribution >= 0.6 is 0 Å². The van der Waals surface area contributed by atoms with Crippen LogP contribution in [-0.2, 0) is 29.0 Å². The molecule has 1 aromatic heterocycles. The third kappa shape index (κ3) is 4.13. The molecule has 0 radical (unpaired) electrons. The summed E-state index contributed by atoms with van der Waals surface area (Å²) >= 11 is 0. The molecule has 31 heavy (non-hydrogen) atoms. The molecule has 1 atom stereocenters. The van der Waals surface area contributed by atoms with Gasteiger partial charge in [-0.2, -0.15) is 0 Å². The Morgan fingerprint density at radius 3 is 2.45 bits per heavy atom. The molecule has 0 saturated carbocycles. The Kier molecular flexibility index (Phi) is 5.21. The van der Waals surface area contributed by atoms with Gasteiger partial charge in [0, 0.05) is 29.6 Å². The fraction of sp³-hybridized carbons (Fsp3) is 0.333. The Balaban J connectivity index is 1.80. The van der Waals surface area contributed by atoms with Crippen LogP contribution in [0.5, 0.6) is 0 Å². The molecule has 1 aliphatic rings. The smallest absolute Gasteiger partial charge is 0.411 e. The van der Waals surface area contributed by atoms with Crippen LogP contribution in [0.25, 0.3) is 10.9 Å². The zero-order valence-corrected chi connectivity index (χ0v) is 17.8. The molecule has 1 amide bonds. The van der Waals surface area contributed by atoms with Crippen molar-refractivity contribution >= 4 is 23.0 Å². The highest BCUT2D eigenvalue weighted by Gasteiger charge is 2.39. The topological polar surface area (TPSA) is 71.8 Å². The number of carbonyl (C=O) groups is 2. The van der Waals surface area contributed by atoms with E-state index in [0.29, 0.717) is 6.54 Å². The van der Waals surface area contributed by atoms with Gasteiger partial charge in [-0.15, -0.1) is 0 Å². The first-order valence-corrected chi connectivity index (χ1v) is 10.2. The molecule has 1 N–H and O–H groups in total. The third-order valence-corrected chi connectivity index (χ3v) is 5.45. The van der Waals surface area contributed by atoms with Gasteiger partial charge in [-0.3, -0.25) is 4.90 Å². The summed E-state index contributed by atoms with van der Waals surface area (Å²) < 4.78 is 20.9. The maximum absolute atomic E-state index is 13.4. The summed E-state index contributed by atoms with van der Waals surface area (Å²) in [5.41, 5.74) is 2.92. The second kappa shape index (κ2) is 7.72. The minimum atomic E-state index is -1.06. The zero-order valence-electron chi connectivity index (χ0n) is 17.8. The van der Waals surface area contributed by atoms with Gasteiger partial charge < -0.3 is 14.4 Å². The summed E-state index contributed by atoms with van der Waals surface area (Å²) in [7, 11) is 0. The van der Waals surface area contributed by atoms with Crippen molar-refractivity contribution in [3.63, 3.8) is 0 Å². The Labute approximate surface area is 179 Å². The molecule has 7 heteroatoms. The quantitative estimate of drug-likeness (QED) is 0.668. The molecule has 3 aromatic rings. The predicted octanol–water partition coefficient (Wildman–Crippen LogP) is 4.58. The lowest BCUT2D eigenvalue weighted by Gasteiger charge is -2.35. The van der Waals surface area contributed by atoms with Gasteiger partial charge in [0.25, 0.3) is 0 Å². The summed E-state index contributed by atoms with van der Waals surface area (Å²) in [6, 6.07) is 13.1. The number of carboxylic acids is 1. The van der Waals surface area contributed by atoms with Crippen LogP contribution < -0.4 is 0 Å². The fourth-order valence-electron chi connectivity index (χ4n) is 4.10. The van der Waals surface area contributed by atoms with Gasteiger partial charge >= 0.3 is 12.1 Å². The molecule has 0 fully saturated rings.